The van der Waals surface area contributed by atoms with Gasteiger partial charge in [0.25, 0.3) is 5.91 Å². The molecule has 2 aromatic carbocycles. The summed E-state index contributed by atoms with van der Waals surface area (Å²) >= 11 is 1.46. The molecule has 4 aromatic rings. The van der Waals surface area contributed by atoms with Gasteiger partial charge in [-0.1, -0.05) is 41.7 Å². The van der Waals surface area contributed by atoms with Crippen LogP contribution < -0.4 is 5.32 Å². The van der Waals surface area contributed by atoms with Crippen LogP contribution in [0.2, 0.25) is 0 Å². The van der Waals surface area contributed by atoms with Crippen LogP contribution in [0.4, 0.5) is 5.69 Å². The van der Waals surface area contributed by atoms with E-state index in [-0.39, 0.29) is 5.91 Å². The highest BCUT2D eigenvalue weighted by Crippen LogP contribution is 2.27. The van der Waals surface area contributed by atoms with Crippen molar-refractivity contribution in [2.45, 2.75) is 6.92 Å². The standard InChI is InChI=1S/C17H13N5OS/c1-11-19-20-17-22(11)21-16(24-17)13-8-5-9-14(10-13)18-15(23)12-6-3-2-4-7-12/h2-10H,1H3,(H,18,23). The summed E-state index contributed by atoms with van der Waals surface area (Å²) in [5, 5.41) is 16.3. The third-order valence-corrected chi connectivity index (χ3v) is 4.50. The first kappa shape index (κ1) is 14.5. The zero-order valence-corrected chi connectivity index (χ0v) is 13.6. The molecule has 118 valence electrons. The van der Waals surface area contributed by atoms with E-state index in [0.29, 0.717) is 5.56 Å². The number of anilines is 1. The number of aromatic nitrogens is 4. The molecule has 24 heavy (non-hydrogen) atoms. The Morgan fingerprint density at radius 3 is 2.71 bits per heavy atom. The summed E-state index contributed by atoms with van der Waals surface area (Å²) in [5.74, 6) is 0.614. The second kappa shape index (κ2) is 5.86. The third-order valence-electron chi connectivity index (χ3n) is 3.55. The summed E-state index contributed by atoms with van der Waals surface area (Å²) in [6.45, 7) is 1.86. The van der Waals surface area contributed by atoms with E-state index in [1.807, 2.05) is 49.4 Å². The van der Waals surface area contributed by atoms with Crippen molar-refractivity contribution in [2.24, 2.45) is 0 Å². The maximum absolute atomic E-state index is 12.3. The number of rotatable bonds is 3. The fraction of sp³-hybridized carbons (Fsp3) is 0.0588. The van der Waals surface area contributed by atoms with E-state index in [1.54, 1.807) is 16.6 Å². The van der Waals surface area contributed by atoms with Crippen LogP contribution in [0.3, 0.4) is 0 Å². The molecule has 2 aromatic heterocycles. The van der Waals surface area contributed by atoms with Gasteiger partial charge < -0.3 is 5.32 Å². The van der Waals surface area contributed by atoms with Gasteiger partial charge in [0.2, 0.25) is 4.96 Å². The molecule has 7 heteroatoms. The number of nitrogens with zero attached hydrogens (tertiary/aromatic N) is 4. The summed E-state index contributed by atoms with van der Waals surface area (Å²) in [4.78, 5) is 13.0. The third kappa shape index (κ3) is 2.65. The molecule has 1 N–H and O–H groups in total. The minimum atomic E-state index is -0.137. The number of fused-ring (bicyclic) bond motifs is 1. The van der Waals surface area contributed by atoms with Crippen LogP contribution in [0.25, 0.3) is 15.5 Å². The minimum Gasteiger partial charge on any atom is -0.322 e. The number of amides is 1. The van der Waals surface area contributed by atoms with E-state index in [0.717, 1.165) is 27.0 Å². The van der Waals surface area contributed by atoms with Crippen LogP contribution in [0.15, 0.2) is 54.6 Å². The largest absolute Gasteiger partial charge is 0.322 e. The fourth-order valence-electron chi connectivity index (χ4n) is 2.35. The summed E-state index contributed by atoms with van der Waals surface area (Å²) in [6.07, 6.45) is 0. The van der Waals surface area contributed by atoms with Gasteiger partial charge >= 0.3 is 0 Å². The summed E-state index contributed by atoms with van der Waals surface area (Å²) in [6, 6.07) is 16.7. The lowest BCUT2D eigenvalue weighted by Gasteiger charge is -2.06. The predicted molar refractivity (Wildman–Crippen MR) is 93.2 cm³/mol. The highest BCUT2D eigenvalue weighted by atomic mass is 32.1. The number of hydrogen-bond acceptors (Lipinski definition) is 5. The average molecular weight is 335 g/mol. The second-order valence-electron chi connectivity index (χ2n) is 5.25. The molecule has 0 saturated carbocycles. The van der Waals surface area contributed by atoms with Crippen molar-refractivity contribution < 1.29 is 4.79 Å². The molecular formula is C17H13N5OS. The van der Waals surface area contributed by atoms with Gasteiger partial charge in [-0.15, -0.1) is 10.2 Å². The normalized spacial score (nSPS) is 10.9. The van der Waals surface area contributed by atoms with Crippen molar-refractivity contribution in [3.05, 3.63) is 66.0 Å². The molecule has 0 fully saturated rings. The van der Waals surface area contributed by atoms with Crippen molar-refractivity contribution in [3.63, 3.8) is 0 Å². The Morgan fingerprint density at radius 2 is 1.92 bits per heavy atom. The van der Waals surface area contributed by atoms with Crippen molar-refractivity contribution in [1.82, 2.24) is 19.8 Å². The molecule has 0 atom stereocenters. The van der Waals surface area contributed by atoms with E-state index < -0.39 is 0 Å². The lowest BCUT2D eigenvalue weighted by atomic mass is 10.2. The van der Waals surface area contributed by atoms with Gasteiger partial charge in [0, 0.05) is 16.8 Å². The molecule has 1 amide bonds. The SMILES string of the molecule is Cc1nnc2sc(-c3cccc(NC(=O)c4ccccc4)c3)nn12. The van der Waals surface area contributed by atoms with Crippen molar-refractivity contribution in [3.8, 4) is 10.6 Å². The Morgan fingerprint density at radius 1 is 1.08 bits per heavy atom. The van der Waals surface area contributed by atoms with Gasteiger partial charge in [-0.25, -0.2) is 0 Å². The molecular weight excluding hydrogens is 322 g/mol. The molecule has 0 aliphatic rings. The van der Waals surface area contributed by atoms with Crippen LogP contribution in [0.5, 0.6) is 0 Å². The maximum atomic E-state index is 12.3. The first-order valence-corrected chi connectivity index (χ1v) is 8.18. The quantitative estimate of drug-likeness (QED) is 0.623. The van der Waals surface area contributed by atoms with Gasteiger partial charge in [0.1, 0.15) is 5.01 Å². The van der Waals surface area contributed by atoms with Crippen LogP contribution >= 0.6 is 11.3 Å². The predicted octanol–water partition coefficient (Wildman–Crippen LogP) is 3.41. The zero-order valence-electron chi connectivity index (χ0n) is 12.8. The summed E-state index contributed by atoms with van der Waals surface area (Å²) < 4.78 is 1.72. The molecule has 2 heterocycles. The number of benzene rings is 2. The van der Waals surface area contributed by atoms with Crippen molar-refractivity contribution >= 4 is 27.9 Å². The van der Waals surface area contributed by atoms with Crippen LogP contribution in [0.1, 0.15) is 16.2 Å². The molecule has 0 saturated heterocycles. The van der Waals surface area contributed by atoms with E-state index in [9.17, 15) is 4.79 Å². The van der Waals surface area contributed by atoms with Gasteiger partial charge in [-0.2, -0.15) is 9.61 Å². The smallest absolute Gasteiger partial charge is 0.255 e. The van der Waals surface area contributed by atoms with E-state index in [1.165, 1.54) is 11.3 Å². The second-order valence-corrected chi connectivity index (χ2v) is 6.21. The molecule has 6 nitrogen and oxygen atoms in total. The number of carbonyl (C=O) groups is 1. The number of nitrogens with one attached hydrogen (secondary N) is 1. The van der Waals surface area contributed by atoms with Crippen LogP contribution in [-0.4, -0.2) is 25.7 Å². The fourth-order valence-corrected chi connectivity index (χ4v) is 3.24. The number of aryl methyl sites for hydroxylation is 1. The first-order valence-electron chi connectivity index (χ1n) is 7.36. The monoisotopic (exact) mass is 335 g/mol. The Bertz CT molecular complexity index is 1020. The topological polar surface area (TPSA) is 72.2 Å². The minimum absolute atomic E-state index is 0.137. The number of carbonyl (C=O) groups excluding carboxylic acids is 1. The highest BCUT2D eigenvalue weighted by molar-refractivity contribution is 7.19. The van der Waals surface area contributed by atoms with Gasteiger partial charge in [0.15, 0.2) is 5.82 Å². The van der Waals surface area contributed by atoms with E-state index >= 15 is 0 Å². The molecule has 0 unspecified atom stereocenters. The van der Waals surface area contributed by atoms with Gasteiger partial charge in [-0.05, 0) is 31.2 Å². The van der Waals surface area contributed by atoms with Crippen LogP contribution in [-0.2, 0) is 0 Å². The summed E-state index contributed by atoms with van der Waals surface area (Å²) in [5.41, 5.74) is 2.28. The van der Waals surface area contributed by atoms with Gasteiger partial charge in [0.05, 0.1) is 0 Å². The maximum Gasteiger partial charge on any atom is 0.255 e. The average Bonchev–Trinajstić information content (AvgIpc) is 3.18. The van der Waals surface area contributed by atoms with Gasteiger partial charge in [-0.3, -0.25) is 4.79 Å². The Labute approximate surface area is 141 Å². The lowest BCUT2D eigenvalue weighted by molar-refractivity contribution is 0.102. The Balaban J connectivity index is 1.62. The van der Waals surface area contributed by atoms with E-state index in [4.69, 9.17) is 0 Å². The summed E-state index contributed by atoms with van der Waals surface area (Å²) in [7, 11) is 0. The molecule has 0 bridgehead atoms. The molecule has 0 aliphatic carbocycles. The van der Waals surface area contributed by atoms with Crippen LogP contribution in [0, 0.1) is 6.92 Å². The van der Waals surface area contributed by atoms with Crippen molar-refractivity contribution in [1.29, 1.82) is 0 Å². The lowest BCUT2D eigenvalue weighted by Crippen LogP contribution is -2.11. The van der Waals surface area contributed by atoms with E-state index in [2.05, 4.69) is 20.6 Å². The highest BCUT2D eigenvalue weighted by Gasteiger charge is 2.11. The molecule has 0 spiro atoms. The number of hydrogen-bond donors (Lipinski definition) is 1. The first-order chi connectivity index (χ1) is 11.7. The molecule has 4 rings (SSSR count). The molecule has 0 radical (unpaired) electrons. The van der Waals surface area contributed by atoms with Crippen molar-refractivity contribution in [2.75, 3.05) is 5.32 Å². The molecule has 0 aliphatic heterocycles. The zero-order chi connectivity index (χ0) is 16.5. The Hall–Kier alpha value is -3.06. The Kier molecular flexibility index (Phi) is 3.55.